The Balaban J connectivity index is 1.53. The molecule has 1 fully saturated rings. The highest BCUT2D eigenvalue weighted by Gasteiger charge is 2.15. The average molecular weight is 327 g/mol. The number of amides is 1. The molecule has 1 aromatic carbocycles. The summed E-state index contributed by atoms with van der Waals surface area (Å²) in [5.41, 5.74) is 2.74. The predicted octanol–water partition coefficient (Wildman–Crippen LogP) is 0.875. The molecule has 1 aliphatic heterocycles. The quantitative estimate of drug-likeness (QED) is 0.827. The molecule has 0 atom stereocenters. The second kappa shape index (κ2) is 8.08. The molecule has 24 heavy (non-hydrogen) atoms. The zero-order chi connectivity index (χ0) is 16.8. The molecule has 0 radical (unpaired) electrons. The molecule has 128 valence electrons. The van der Waals surface area contributed by atoms with Gasteiger partial charge in [-0.2, -0.15) is 5.10 Å². The number of piperazine rings is 1. The van der Waals surface area contributed by atoms with E-state index in [0.717, 1.165) is 38.4 Å². The van der Waals surface area contributed by atoms with Crippen LogP contribution in [0.3, 0.4) is 0 Å². The molecular formula is C18H25N5O. The van der Waals surface area contributed by atoms with E-state index in [9.17, 15) is 4.79 Å². The highest BCUT2D eigenvalue weighted by molar-refractivity contribution is 5.95. The number of hydrogen-bond acceptors (Lipinski definition) is 4. The van der Waals surface area contributed by atoms with Crippen molar-refractivity contribution in [2.45, 2.75) is 13.5 Å². The summed E-state index contributed by atoms with van der Waals surface area (Å²) >= 11 is 0. The maximum absolute atomic E-state index is 12.4. The number of benzene rings is 1. The fourth-order valence-electron chi connectivity index (χ4n) is 2.94. The van der Waals surface area contributed by atoms with Crippen LogP contribution in [0.2, 0.25) is 0 Å². The Morgan fingerprint density at radius 3 is 2.75 bits per heavy atom. The number of nitrogens with one attached hydrogen (secondary N) is 2. The van der Waals surface area contributed by atoms with Gasteiger partial charge in [-0.25, -0.2) is 0 Å². The Kier molecular flexibility index (Phi) is 5.61. The van der Waals surface area contributed by atoms with Gasteiger partial charge in [0.15, 0.2) is 0 Å². The summed E-state index contributed by atoms with van der Waals surface area (Å²) in [4.78, 5) is 14.7. The molecule has 2 aromatic rings. The van der Waals surface area contributed by atoms with Crippen molar-refractivity contribution in [3.05, 3.63) is 53.3 Å². The molecule has 1 amide bonds. The number of carbonyl (C=O) groups excluding carboxylic acids is 1. The van der Waals surface area contributed by atoms with E-state index in [1.54, 1.807) is 6.20 Å². The van der Waals surface area contributed by atoms with Crippen molar-refractivity contribution in [2.75, 3.05) is 39.3 Å². The van der Waals surface area contributed by atoms with Crippen LogP contribution in [0.25, 0.3) is 0 Å². The summed E-state index contributed by atoms with van der Waals surface area (Å²) in [5, 5.41) is 10.7. The van der Waals surface area contributed by atoms with E-state index in [1.165, 1.54) is 5.56 Å². The standard InChI is InChI=1S/C18H25N5O/c1-15-17(13-21-23(15)14-16-5-3-2-4-6-16)18(24)20-9-12-22-10-7-19-8-11-22/h2-6,13,19H,7-12,14H2,1H3,(H,20,24). The Bertz CT molecular complexity index is 661. The van der Waals surface area contributed by atoms with Crippen LogP contribution in [0.4, 0.5) is 0 Å². The third-order valence-electron chi connectivity index (χ3n) is 4.45. The average Bonchev–Trinajstić information content (AvgIpc) is 2.97. The predicted molar refractivity (Wildman–Crippen MR) is 94.2 cm³/mol. The van der Waals surface area contributed by atoms with E-state index < -0.39 is 0 Å². The van der Waals surface area contributed by atoms with Crippen molar-refractivity contribution in [3.63, 3.8) is 0 Å². The first kappa shape index (κ1) is 16.7. The summed E-state index contributed by atoms with van der Waals surface area (Å²) in [6.07, 6.45) is 1.67. The van der Waals surface area contributed by atoms with Crippen molar-refractivity contribution in [3.8, 4) is 0 Å². The molecule has 0 unspecified atom stereocenters. The SMILES string of the molecule is Cc1c(C(=O)NCCN2CCNCC2)cnn1Cc1ccccc1. The smallest absolute Gasteiger partial charge is 0.254 e. The summed E-state index contributed by atoms with van der Waals surface area (Å²) < 4.78 is 1.88. The molecule has 0 aliphatic carbocycles. The van der Waals surface area contributed by atoms with E-state index >= 15 is 0 Å². The van der Waals surface area contributed by atoms with Crippen molar-refractivity contribution in [2.24, 2.45) is 0 Å². The van der Waals surface area contributed by atoms with Gasteiger partial charge in [0.25, 0.3) is 5.91 Å². The van der Waals surface area contributed by atoms with Crippen LogP contribution < -0.4 is 10.6 Å². The van der Waals surface area contributed by atoms with Crippen LogP contribution in [0.5, 0.6) is 0 Å². The van der Waals surface area contributed by atoms with Crippen LogP contribution in [0, 0.1) is 6.92 Å². The molecular weight excluding hydrogens is 302 g/mol. The maximum Gasteiger partial charge on any atom is 0.254 e. The molecule has 1 aliphatic rings. The largest absolute Gasteiger partial charge is 0.351 e. The second-order valence-electron chi connectivity index (χ2n) is 6.13. The summed E-state index contributed by atoms with van der Waals surface area (Å²) in [6, 6.07) is 10.1. The highest BCUT2D eigenvalue weighted by atomic mass is 16.1. The van der Waals surface area contributed by atoms with Crippen molar-refractivity contribution in [1.29, 1.82) is 0 Å². The third-order valence-corrected chi connectivity index (χ3v) is 4.45. The first-order chi connectivity index (χ1) is 11.7. The maximum atomic E-state index is 12.4. The molecule has 1 saturated heterocycles. The Morgan fingerprint density at radius 1 is 1.25 bits per heavy atom. The van der Waals surface area contributed by atoms with Crippen molar-refractivity contribution < 1.29 is 4.79 Å². The lowest BCUT2D eigenvalue weighted by Gasteiger charge is -2.27. The van der Waals surface area contributed by atoms with Gasteiger partial charge in [-0.15, -0.1) is 0 Å². The van der Waals surface area contributed by atoms with Gasteiger partial charge in [0.1, 0.15) is 0 Å². The molecule has 0 spiro atoms. The fraction of sp³-hybridized carbons (Fsp3) is 0.444. The van der Waals surface area contributed by atoms with E-state index in [-0.39, 0.29) is 5.91 Å². The van der Waals surface area contributed by atoms with Crippen LogP contribution in [-0.2, 0) is 6.54 Å². The van der Waals surface area contributed by atoms with Gasteiger partial charge in [-0.1, -0.05) is 30.3 Å². The lowest BCUT2D eigenvalue weighted by atomic mass is 10.2. The van der Waals surface area contributed by atoms with Crippen LogP contribution >= 0.6 is 0 Å². The minimum atomic E-state index is -0.0399. The number of hydrogen-bond donors (Lipinski definition) is 2. The van der Waals surface area contributed by atoms with Crippen LogP contribution in [-0.4, -0.2) is 59.9 Å². The Morgan fingerprint density at radius 2 is 2.00 bits per heavy atom. The molecule has 2 heterocycles. The second-order valence-corrected chi connectivity index (χ2v) is 6.13. The molecule has 2 N–H and O–H groups in total. The van der Waals surface area contributed by atoms with E-state index in [0.29, 0.717) is 18.7 Å². The van der Waals surface area contributed by atoms with Gasteiger partial charge >= 0.3 is 0 Å². The van der Waals surface area contributed by atoms with Gasteiger partial charge in [-0.3, -0.25) is 14.4 Å². The summed E-state index contributed by atoms with van der Waals surface area (Å²) in [6.45, 7) is 8.33. The lowest BCUT2D eigenvalue weighted by molar-refractivity contribution is 0.0946. The summed E-state index contributed by atoms with van der Waals surface area (Å²) in [7, 11) is 0. The topological polar surface area (TPSA) is 62.2 Å². The highest BCUT2D eigenvalue weighted by Crippen LogP contribution is 2.10. The van der Waals surface area contributed by atoms with Gasteiger partial charge in [0.2, 0.25) is 0 Å². The lowest BCUT2D eigenvalue weighted by Crippen LogP contribution is -2.46. The van der Waals surface area contributed by atoms with Crippen LogP contribution in [0.15, 0.2) is 36.5 Å². The van der Waals surface area contributed by atoms with Gasteiger partial charge in [-0.05, 0) is 12.5 Å². The Hall–Kier alpha value is -2.18. The first-order valence-electron chi connectivity index (χ1n) is 8.51. The number of rotatable bonds is 6. The summed E-state index contributed by atoms with van der Waals surface area (Å²) in [5.74, 6) is -0.0399. The van der Waals surface area contributed by atoms with E-state index in [4.69, 9.17) is 0 Å². The normalized spacial score (nSPS) is 15.4. The molecule has 6 nitrogen and oxygen atoms in total. The number of carbonyl (C=O) groups is 1. The molecule has 0 saturated carbocycles. The first-order valence-corrected chi connectivity index (χ1v) is 8.51. The molecule has 1 aromatic heterocycles. The Labute approximate surface area is 142 Å². The third kappa shape index (κ3) is 4.21. The number of nitrogens with zero attached hydrogens (tertiary/aromatic N) is 3. The van der Waals surface area contributed by atoms with E-state index in [2.05, 4.69) is 32.8 Å². The monoisotopic (exact) mass is 327 g/mol. The molecule has 6 heteroatoms. The molecule has 3 rings (SSSR count). The van der Waals surface area contributed by atoms with E-state index in [1.807, 2.05) is 29.8 Å². The molecule has 0 bridgehead atoms. The zero-order valence-corrected chi connectivity index (χ0v) is 14.2. The zero-order valence-electron chi connectivity index (χ0n) is 14.2. The van der Waals surface area contributed by atoms with Crippen LogP contribution in [0.1, 0.15) is 21.6 Å². The number of aromatic nitrogens is 2. The van der Waals surface area contributed by atoms with Gasteiger partial charge < -0.3 is 10.6 Å². The van der Waals surface area contributed by atoms with Crippen molar-refractivity contribution >= 4 is 5.91 Å². The van der Waals surface area contributed by atoms with Gasteiger partial charge in [0.05, 0.1) is 18.3 Å². The van der Waals surface area contributed by atoms with Gasteiger partial charge in [0, 0.05) is 45.0 Å². The minimum absolute atomic E-state index is 0.0399. The van der Waals surface area contributed by atoms with Crippen molar-refractivity contribution in [1.82, 2.24) is 25.3 Å². The minimum Gasteiger partial charge on any atom is -0.351 e. The fourth-order valence-corrected chi connectivity index (χ4v) is 2.94.